The average molecular weight is 246 g/mol. The Balaban J connectivity index is 1.81. The van der Waals surface area contributed by atoms with Gasteiger partial charge in [0.2, 0.25) is 0 Å². The molecule has 0 unspecified atom stereocenters. The van der Waals surface area contributed by atoms with Crippen LogP contribution in [0.15, 0.2) is 24.5 Å². The Hall–Kier alpha value is -1.39. The number of hydrogen-bond acceptors (Lipinski definition) is 3. The molecule has 0 aliphatic heterocycles. The summed E-state index contributed by atoms with van der Waals surface area (Å²) in [5.41, 5.74) is 9.06. The first kappa shape index (κ1) is 13.1. The molecule has 4 nitrogen and oxygen atoms in total. The van der Waals surface area contributed by atoms with E-state index in [-0.39, 0.29) is 0 Å². The molecule has 2 aromatic rings. The highest BCUT2D eigenvalue weighted by atomic mass is 15.0. The maximum Gasteiger partial charge on any atom is 0.0955 e. The summed E-state index contributed by atoms with van der Waals surface area (Å²) in [6.45, 7) is 2.87. The van der Waals surface area contributed by atoms with Crippen LogP contribution in [-0.4, -0.2) is 29.2 Å². The predicted octanol–water partition coefficient (Wildman–Crippen LogP) is 1.44. The van der Waals surface area contributed by atoms with Crippen molar-refractivity contribution < 1.29 is 0 Å². The highest BCUT2D eigenvalue weighted by Gasteiger charge is 2.00. The van der Waals surface area contributed by atoms with Gasteiger partial charge in [0.15, 0.2) is 0 Å². The van der Waals surface area contributed by atoms with Crippen molar-refractivity contribution in [1.82, 2.24) is 14.9 Å². The van der Waals surface area contributed by atoms with Crippen LogP contribution in [-0.2, 0) is 13.5 Å². The van der Waals surface area contributed by atoms with Crippen LogP contribution >= 0.6 is 0 Å². The topological polar surface area (TPSA) is 55.9 Å². The van der Waals surface area contributed by atoms with Crippen molar-refractivity contribution in [1.29, 1.82) is 0 Å². The monoisotopic (exact) mass is 246 g/mol. The Kier molecular flexibility index (Phi) is 4.73. The summed E-state index contributed by atoms with van der Waals surface area (Å²) in [6, 6.07) is 6.51. The number of aryl methyl sites for hydroxylation is 1. The smallest absolute Gasteiger partial charge is 0.0955 e. The summed E-state index contributed by atoms with van der Waals surface area (Å²) in [5.74, 6) is 0. The van der Waals surface area contributed by atoms with E-state index in [0.717, 1.165) is 44.4 Å². The summed E-state index contributed by atoms with van der Waals surface area (Å²) >= 11 is 0. The van der Waals surface area contributed by atoms with Crippen molar-refractivity contribution in [2.45, 2.75) is 19.3 Å². The lowest BCUT2D eigenvalue weighted by molar-refractivity contribution is 0.627. The zero-order valence-corrected chi connectivity index (χ0v) is 11.0. The van der Waals surface area contributed by atoms with Crippen LogP contribution < -0.4 is 11.1 Å². The summed E-state index contributed by atoms with van der Waals surface area (Å²) in [7, 11) is 2.02. The molecule has 4 heteroatoms. The van der Waals surface area contributed by atoms with Gasteiger partial charge in [0.05, 0.1) is 17.4 Å². The SMILES string of the molecule is Cn1cnc2cc(CCNCCCCN)ccc21. The van der Waals surface area contributed by atoms with Crippen molar-refractivity contribution >= 4 is 11.0 Å². The average Bonchev–Trinajstić information content (AvgIpc) is 2.75. The van der Waals surface area contributed by atoms with E-state index < -0.39 is 0 Å². The van der Waals surface area contributed by atoms with Crippen LogP contribution in [0.4, 0.5) is 0 Å². The molecule has 18 heavy (non-hydrogen) atoms. The van der Waals surface area contributed by atoms with Gasteiger partial charge in [-0.2, -0.15) is 0 Å². The van der Waals surface area contributed by atoms with Crippen LogP contribution in [0.25, 0.3) is 11.0 Å². The lowest BCUT2D eigenvalue weighted by atomic mass is 10.1. The summed E-state index contributed by atoms with van der Waals surface area (Å²) in [5, 5.41) is 3.44. The number of unbranched alkanes of at least 4 members (excludes halogenated alkanes) is 1. The molecule has 0 bridgehead atoms. The number of benzene rings is 1. The van der Waals surface area contributed by atoms with E-state index in [1.54, 1.807) is 0 Å². The minimum atomic E-state index is 0.790. The predicted molar refractivity (Wildman–Crippen MR) is 75.6 cm³/mol. The molecule has 1 aromatic heterocycles. The highest BCUT2D eigenvalue weighted by Crippen LogP contribution is 2.13. The molecule has 0 amide bonds. The molecule has 1 aromatic carbocycles. The van der Waals surface area contributed by atoms with Gasteiger partial charge in [-0.15, -0.1) is 0 Å². The highest BCUT2D eigenvalue weighted by molar-refractivity contribution is 5.75. The number of hydrogen-bond donors (Lipinski definition) is 2. The minimum Gasteiger partial charge on any atom is -0.334 e. The Morgan fingerprint density at radius 2 is 2.17 bits per heavy atom. The first-order valence-electron chi connectivity index (χ1n) is 6.62. The van der Waals surface area contributed by atoms with Gasteiger partial charge in [0.25, 0.3) is 0 Å². The van der Waals surface area contributed by atoms with E-state index in [9.17, 15) is 0 Å². The first-order valence-corrected chi connectivity index (χ1v) is 6.62. The second-order valence-electron chi connectivity index (χ2n) is 4.67. The Morgan fingerprint density at radius 1 is 1.28 bits per heavy atom. The molecule has 0 saturated carbocycles. The van der Waals surface area contributed by atoms with Gasteiger partial charge >= 0.3 is 0 Å². The molecule has 1 heterocycles. The van der Waals surface area contributed by atoms with Gasteiger partial charge in [0, 0.05) is 7.05 Å². The fourth-order valence-electron chi connectivity index (χ4n) is 2.09. The van der Waals surface area contributed by atoms with Crippen LogP contribution in [0.3, 0.4) is 0 Å². The normalized spacial score (nSPS) is 11.2. The zero-order chi connectivity index (χ0) is 12.8. The van der Waals surface area contributed by atoms with E-state index in [4.69, 9.17) is 5.73 Å². The Morgan fingerprint density at radius 3 is 3.00 bits per heavy atom. The Labute approximate surface area is 108 Å². The van der Waals surface area contributed by atoms with E-state index in [2.05, 4.69) is 28.5 Å². The minimum absolute atomic E-state index is 0.790. The maximum absolute atomic E-state index is 5.45. The molecule has 0 radical (unpaired) electrons. The Bertz CT molecular complexity index is 489. The van der Waals surface area contributed by atoms with E-state index >= 15 is 0 Å². The van der Waals surface area contributed by atoms with Crippen molar-refractivity contribution in [2.75, 3.05) is 19.6 Å². The van der Waals surface area contributed by atoms with E-state index in [1.807, 2.05) is 17.9 Å². The van der Waals surface area contributed by atoms with Crippen LogP contribution in [0, 0.1) is 0 Å². The molecule has 98 valence electrons. The van der Waals surface area contributed by atoms with Crippen LogP contribution in [0.5, 0.6) is 0 Å². The number of nitrogens with two attached hydrogens (primary N) is 1. The third-order valence-electron chi connectivity index (χ3n) is 3.19. The quantitative estimate of drug-likeness (QED) is 0.727. The number of nitrogens with zero attached hydrogens (tertiary/aromatic N) is 2. The number of aromatic nitrogens is 2. The number of imidazole rings is 1. The molecule has 0 saturated heterocycles. The number of nitrogens with one attached hydrogen (secondary N) is 1. The summed E-state index contributed by atoms with van der Waals surface area (Å²) < 4.78 is 2.05. The lowest BCUT2D eigenvalue weighted by Crippen LogP contribution is -2.19. The zero-order valence-electron chi connectivity index (χ0n) is 11.0. The van der Waals surface area contributed by atoms with E-state index in [0.29, 0.717) is 0 Å². The van der Waals surface area contributed by atoms with Gasteiger partial charge in [0.1, 0.15) is 0 Å². The van der Waals surface area contributed by atoms with Crippen molar-refractivity contribution in [3.05, 3.63) is 30.1 Å². The fourth-order valence-corrected chi connectivity index (χ4v) is 2.09. The molecule has 0 aliphatic rings. The van der Waals surface area contributed by atoms with Crippen molar-refractivity contribution in [3.63, 3.8) is 0 Å². The fraction of sp³-hybridized carbons (Fsp3) is 0.500. The maximum atomic E-state index is 5.45. The van der Waals surface area contributed by atoms with Gasteiger partial charge < -0.3 is 15.6 Å². The van der Waals surface area contributed by atoms with Gasteiger partial charge in [-0.1, -0.05) is 6.07 Å². The van der Waals surface area contributed by atoms with Gasteiger partial charge in [-0.3, -0.25) is 0 Å². The standard InChI is InChI=1S/C14H22N4/c1-18-11-17-13-10-12(4-5-14(13)18)6-9-16-8-3-2-7-15/h4-5,10-11,16H,2-3,6-9,15H2,1H3. The van der Waals surface area contributed by atoms with Crippen molar-refractivity contribution in [2.24, 2.45) is 12.8 Å². The molecular weight excluding hydrogens is 224 g/mol. The lowest BCUT2D eigenvalue weighted by Gasteiger charge is -2.04. The van der Waals surface area contributed by atoms with Gasteiger partial charge in [-0.05, 0) is 56.6 Å². The van der Waals surface area contributed by atoms with Gasteiger partial charge in [-0.25, -0.2) is 4.98 Å². The first-order chi connectivity index (χ1) is 8.81. The molecule has 2 rings (SSSR count). The molecule has 3 N–H and O–H groups in total. The molecule has 0 atom stereocenters. The van der Waals surface area contributed by atoms with E-state index in [1.165, 1.54) is 11.1 Å². The van der Waals surface area contributed by atoms with Crippen molar-refractivity contribution in [3.8, 4) is 0 Å². The molecular formula is C14H22N4. The molecule has 0 aliphatic carbocycles. The molecule has 0 fully saturated rings. The summed E-state index contributed by atoms with van der Waals surface area (Å²) in [4.78, 5) is 4.38. The van der Waals surface area contributed by atoms with Crippen LogP contribution in [0.2, 0.25) is 0 Å². The largest absolute Gasteiger partial charge is 0.334 e. The third kappa shape index (κ3) is 3.31. The molecule has 0 spiro atoms. The third-order valence-corrected chi connectivity index (χ3v) is 3.19. The number of fused-ring (bicyclic) bond motifs is 1. The summed E-state index contributed by atoms with van der Waals surface area (Å²) in [6.07, 6.45) is 5.18. The second kappa shape index (κ2) is 6.52. The second-order valence-corrected chi connectivity index (χ2v) is 4.67. The number of rotatable bonds is 7. The van der Waals surface area contributed by atoms with Crippen LogP contribution in [0.1, 0.15) is 18.4 Å².